The van der Waals surface area contributed by atoms with Gasteiger partial charge in [0.05, 0.1) is 11.6 Å². The number of amides is 1. The molecule has 2 aromatic carbocycles. The molecule has 0 saturated heterocycles. The number of methoxy groups -OCH3 is 1. The minimum atomic E-state index is -1.50. The van der Waals surface area contributed by atoms with Crippen LogP contribution in [0.4, 0.5) is 4.39 Å². The first-order valence-corrected chi connectivity index (χ1v) is 16.9. The van der Waals surface area contributed by atoms with Gasteiger partial charge in [-0.3, -0.25) is 0 Å². The second-order valence-electron chi connectivity index (χ2n) is 9.70. The van der Waals surface area contributed by atoms with Crippen LogP contribution in [0.2, 0.25) is 0 Å². The first-order chi connectivity index (χ1) is 17.5. The van der Waals surface area contributed by atoms with Crippen molar-refractivity contribution in [3.63, 3.8) is 0 Å². The fourth-order valence-corrected chi connectivity index (χ4v) is 6.69. The third kappa shape index (κ3) is 7.38. The molecule has 0 aromatic heterocycles. The molecule has 0 spiro atoms. The molecular weight excluding hydrogens is 856 g/mol. The molecule has 9 heteroatoms. The summed E-state index contributed by atoms with van der Waals surface area (Å²) < 4.78 is 24.5. The molecule has 1 atom stereocenters. The number of alkyl halides is 1. The Hall–Kier alpha value is -1.40. The van der Waals surface area contributed by atoms with Gasteiger partial charge < -0.3 is 0 Å². The molecule has 1 aliphatic rings. The number of hydrogen-bond acceptors (Lipinski definition) is 5. The van der Waals surface area contributed by atoms with E-state index in [0.29, 0.717) is 35.8 Å². The van der Waals surface area contributed by atoms with E-state index in [4.69, 9.17) is 14.7 Å². The predicted octanol–water partition coefficient (Wildman–Crippen LogP) is 4.11. The van der Waals surface area contributed by atoms with E-state index in [1.807, 2.05) is 29.2 Å². The Balaban J connectivity index is 1.76. The van der Waals surface area contributed by atoms with Gasteiger partial charge in [0.15, 0.2) is 0 Å². The molecule has 190 valence electrons. The average molecular weight is 887 g/mol. The first kappa shape index (κ1) is 30.1. The number of ether oxygens (including phenoxy) is 2. The quantitative estimate of drug-likeness (QED) is 0.280. The van der Waals surface area contributed by atoms with Gasteiger partial charge in [0.1, 0.15) is 0 Å². The second kappa shape index (κ2) is 13.1. The molecule has 37 heavy (non-hydrogen) atoms. The number of rotatable bonds is 9. The van der Waals surface area contributed by atoms with E-state index in [1.165, 1.54) is 12.5 Å². The van der Waals surface area contributed by atoms with E-state index < -0.39 is 12.4 Å². The average Bonchev–Trinajstić information content (AvgIpc) is 2.88. The summed E-state index contributed by atoms with van der Waals surface area (Å²) in [5, 5.41) is 9.05. The van der Waals surface area contributed by atoms with Gasteiger partial charge in [0, 0.05) is 0 Å². The number of nitriles is 1. The molecule has 1 fully saturated rings. The number of nitrogens with zero attached hydrogens (tertiary/aromatic N) is 2. The number of hydrogen-bond donors (Lipinski definition) is 0. The van der Waals surface area contributed by atoms with Gasteiger partial charge in [0.25, 0.3) is 0 Å². The predicted molar refractivity (Wildman–Crippen MR) is 140 cm³/mol. The Morgan fingerprint density at radius 3 is 2.16 bits per heavy atom. The first-order valence-electron chi connectivity index (χ1n) is 12.4. The van der Waals surface area contributed by atoms with Crippen LogP contribution in [0, 0.1) is 11.3 Å². The zero-order chi connectivity index (χ0) is 27.2. The van der Waals surface area contributed by atoms with E-state index in [1.54, 1.807) is 38.3 Å². The normalized spacial score (nSPS) is 19.3. The third-order valence-corrected chi connectivity index (χ3v) is 11.5. The van der Waals surface area contributed by atoms with E-state index in [-0.39, 0.29) is 63.5 Å². The van der Waals surface area contributed by atoms with Crippen LogP contribution in [0.5, 0.6) is 0 Å². The molecule has 0 bridgehead atoms. The van der Waals surface area contributed by atoms with Crippen molar-refractivity contribution in [1.29, 1.82) is 5.26 Å². The molecule has 0 radical (unpaired) electrons. The number of carbonyl (C=O) groups excluding carboxylic acids is 2. The number of halogens is 1. The molecule has 6 nitrogen and oxygen atoms in total. The van der Waals surface area contributed by atoms with Crippen LogP contribution in [-0.4, -0.2) is 95.4 Å². The third-order valence-electron chi connectivity index (χ3n) is 7.21. The Morgan fingerprint density at radius 1 is 1.08 bits per heavy atom. The molecule has 1 saturated carbocycles. The molecule has 1 aliphatic carbocycles. The van der Waals surface area contributed by atoms with Crippen molar-refractivity contribution in [3.05, 3.63) is 70.8 Å². The summed E-state index contributed by atoms with van der Waals surface area (Å²) >= 11 is -0.00536. The van der Waals surface area contributed by atoms with Gasteiger partial charge in [-0.2, -0.15) is 5.26 Å². The standard InChI is InChI=1S/C28H31FN2O4.2Tl/c1-20(32)35-28(2,19-29)25-12-8-24(9-13-25)27(33)31(16-17-34-3)26-14-10-23(11-15-26)22-6-4-21(18-30)5-7-22;;/h4-9,12-13,23,26H,10-11,14-17H2,1-3H3;;/t23?,26?,28-;;/m1../s1. The van der Waals surface area contributed by atoms with Crippen LogP contribution in [0.1, 0.15) is 72.5 Å². The van der Waals surface area contributed by atoms with Gasteiger partial charge >= 0.3 is 205 Å². The molecule has 2 aromatic rings. The Morgan fingerprint density at radius 2 is 1.68 bits per heavy atom. The molecule has 0 heterocycles. The van der Waals surface area contributed by atoms with E-state index in [0.717, 1.165) is 25.7 Å². The Kier molecular flexibility index (Phi) is 10.7. The molecule has 1 amide bonds. The van der Waals surface area contributed by atoms with Crippen molar-refractivity contribution in [2.45, 2.75) is 57.9 Å². The molecule has 0 N–H and O–H groups in total. The molecular formula is C28H31FN2O4Tl2. The topological polar surface area (TPSA) is 79.6 Å². The van der Waals surface area contributed by atoms with Gasteiger partial charge in [0.2, 0.25) is 0 Å². The van der Waals surface area contributed by atoms with Crippen molar-refractivity contribution in [1.82, 2.24) is 4.90 Å². The Bertz CT molecular complexity index is 1120. The van der Waals surface area contributed by atoms with Crippen LogP contribution in [0.15, 0.2) is 48.5 Å². The Labute approximate surface area is 250 Å². The summed E-state index contributed by atoms with van der Waals surface area (Å²) in [6, 6.07) is 16.9. The summed E-state index contributed by atoms with van der Waals surface area (Å²) in [4.78, 5) is 27.2. The van der Waals surface area contributed by atoms with Crippen LogP contribution in [0.25, 0.3) is 0 Å². The summed E-state index contributed by atoms with van der Waals surface area (Å²) in [7, 11) is 1.63. The van der Waals surface area contributed by atoms with Gasteiger partial charge in [-0.25, -0.2) is 0 Å². The van der Waals surface area contributed by atoms with Crippen molar-refractivity contribution in [2.24, 2.45) is 0 Å². The number of carbonyl (C=O) groups is 2. The summed E-state index contributed by atoms with van der Waals surface area (Å²) in [6.45, 7) is 3.85. The summed E-state index contributed by atoms with van der Waals surface area (Å²) in [5.74, 6) is -0.181. The monoisotopic (exact) mass is 888 g/mol. The van der Waals surface area contributed by atoms with Crippen LogP contribution in [0.3, 0.4) is 0 Å². The summed E-state index contributed by atoms with van der Waals surface area (Å²) in [6.07, 6.45) is 3.70. The van der Waals surface area contributed by atoms with Crippen molar-refractivity contribution >= 4 is 63.4 Å². The van der Waals surface area contributed by atoms with Crippen molar-refractivity contribution in [2.75, 3.05) is 20.3 Å². The van der Waals surface area contributed by atoms with E-state index in [9.17, 15) is 9.59 Å². The summed E-state index contributed by atoms with van der Waals surface area (Å²) in [5.41, 5.74) is 1.65. The SMILES string of the molecule is COCCN(C(=O)c1ccc([C@](C)(OC(C)=O)[C](F)([Tl])[Tl])cc1)C1CCC(c2ccc(C#N)cc2)CC1. The number of benzene rings is 2. The van der Waals surface area contributed by atoms with E-state index in [2.05, 4.69) is 6.07 Å². The second-order valence-corrected chi connectivity index (χ2v) is 26.3. The van der Waals surface area contributed by atoms with Crippen molar-refractivity contribution in [3.8, 4) is 6.07 Å². The fourth-order valence-electron chi connectivity index (χ4n) is 4.93. The number of esters is 1. The van der Waals surface area contributed by atoms with Crippen LogP contribution >= 0.6 is 0 Å². The van der Waals surface area contributed by atoms with Gasteiger partial charge in [-0.1, -0.05) is 12.1 Å². The molecule has 0 unspecified atom stereocenters. The minimum absolute atomic E-state index is 0.00268. The maximum absolute atomic E-state index is 15.2. The van der Waals surface area contributed by atoms with E-state index >= 15 is 4.39 Å². The van der Waals surface area contributed by atoms with Gasteiger partial charge in [-0.15, -0.1) is 0 Å². The fraction of sp³-hybridized carbons (Fsp3) is 0.464. The molecule has 0 aliphatic heterocycles. The van der Waals surface area contributed by atoms with Crippen molar-refractivity contribution < 1.29 is 23.5 Å². The maximum atomic E-state index is 15.2. The zero-order valence-corrected chi connectivity index (χ0v) is 30.6. The van der Waals surface area contributed by atoms with Gasteiger partial charge in [-0.05, 0) is 17.7 Å². The molecule has 3 rings (SSSR count). The zero-order valence-electron chi connectivity index (χ0n) is 21.6. The van der Waals surface area contributed by atoms with Crippen LogP contribution < -0.4 is 0 Å². The van der Waals surface area contributed by atoms with Crippen LogP contribution in [-0.2, 0) is 19.9 Å².